The topological polar surface area (TPSA) is 55.6 Å². The third-order valence-corrected chi connectivity index (χ3v) is 7.89. The van der Waals surface area contributed by atoms with Gasteiger partial charge in [-0.3, -0.25) is 0 Å². The Morgan fingerprint density at radius 1 is 0.452 bits per heavy atom. The van der Waals surface area contributed by atoms with E-state index >= 15 is 0 Å². The molecule has 0 aliphatic heterocycles. The average molecular weight is 543 g/mol. The predicted molar refractivity (Wildman–Crippen MR) is 169 cm³/mol. The lowest BCUT2D eigenvalue weighted by atomic mass is 10.1. The van der Waals surface area contributed by atoms with E-state index < -0.39 is 0 Å². The molecule has 5 nitrogen and oxygen atoms in total. The standard InChI is InChI=1S/C37H22N2O3/c1-3-10-23(11-4-1)37-38-36-33(42-37)21-20-32-35(36)27-22-25(18-19-30(27)41-32)39(24-12-5-2-6-13-24)28-15-9-17-31-34(28)26-14-7-8-16-29(26)40-31/h1-22H. The molecule has 0 aliphatic carbocycles. The molecule has 0 aliphatic rings. The molecule has 0 atom stereocenters. The lowest BCUT2D eigenvalue weighted by molar-refractivity contribution is 0.619. The molecule has 198 valence electrons. The van der Waals surface area contributed by atoms with E-state index in [-0.39, 0.29) is 0 Å². The van der Waals surface area contributed by atoms with E-state index in [0.717, 1.165) is 77.6 Å². The molecule has 0 unspecified atom stereocenters. The Morgan fingerprint density at radius 2 is 1.12 bits per heavy atom. The Kier molecular flexibility index (Phi) is 4.83. The van der Waals surface area contributed by atoms with E-state index in [1.807, 2.05) is 78.9 Å². The highest BCUT2D eigenvalue weighted by Crippen LogP contribution is 2.45. The van der Waals surface area contributed by atoms with Crippen molar-refractivity contribution in [2.75, 3.05) is 4.90 Å². The minimum Gasteiger partial charge on any atom is -0.456 e. The van der Waals surface area contributed by atoms with Gasteiger partial charge in [0.25, 0.3) is 0 Å². The number of oxazole rings is 1. The molecule has 6 aromatic carbocycles. The van der Waals surface area contributed by atoms with Crippen LogP contribution in [0.4, 0.5) is 17.1 Å². The second-order valence-corrected chi connectivity index (χ2v) is 10.4. The summed E-state index contributed by atoms with van der Waals surface area (Å²) in [7, 11) is 0. The molecule has 9 aromatic rings. The van der Waals surface area contributed by atoms with E-state index in [9.17, 15) is 0 Å². The van der Waals surface area contributed by atoms with Gasteiger partial charge < -0.3 is 18.2 Å². The summed E-state index contributed by atoms with van der Waals surface area (Å²) in [6.45, 7) is 0. The smallest absolute Gasteiger partial charge is 0.227 e. The van der Waals surface area contributed by atoms with Crippen LogP contribution in [-0.4, -0.2) is 4.98 Å². The van der Waals surface area contributed by atoms with Gasteiger partial charge in [-0.05, 0) is 72.8 Å². The van der Waals surface area contributed by atoms with Crippen molar-refractivity contribution in [2.45, 2.75) is 0 Å². The third-order valence-electron chi connectivity index (χ3n) is 7.89. The van der Waals surface area contributed by atoms with E-state index in [1.54, 1.807) is 0 Å². The number of hydrogen-bond donors (Lipinski definition) is 0. The van der Waals surface area contributed by atoms with Crippen LogP contribution in [-0.2, 0) is 0 Å². The maximum absolute atomic E-state index is 6.32. The summed E-state index contributed by atoms with van der Waals surface area (Å²) in [4.78, 5) is 7.22. The normalized spacial score (nSPS) is 11.8. The van der Waals surface area contributed by atoms with Crippen molar-refractivity contribution in [2.24, 2.45) is 0 Å². The molecule has 3 heterocycles. The van der Waals surface area contributed by atoms with Crippen LogP contribution in [0, 0.1) is 0 Å². The minimum absolute atomic E-state index is 0.591. The van der Waals surface area contributed by atoms with Crippen molar-refractivity contribution in [3.8, 4) is 11.5 Å². The summed E-state index contributed by atoms with van der Waals surface area (Å²) >= 11 is 0. The summed E-state index contributed by atoms with van der Waals surface area (Å²) in [6, 6.07) is 45.0. The van der Waals surface area contributed by atoms with Crippen LogP contribution in [0.1, 0.15) is 0 Å². The van der Waals surface area contributed by atoms with Gasteiger partial charge in [-0.15, -0.1) is 0 Å². The molecule has 0 fully saturated rings. The van der Waals surface area contributed by atoms with Gasteiger partial charge in [0.2, 0.25) is 5.89 Å². The van der Waals surface area contributed by atoms with Crippen molar-refractivity contribution in [3.63, 3.8) is 0 Å². The van der Waals surface area contributed by atoms with Crippen LogP contribution in [0.3, 0.4) is 0 Å². The molecule has 0 amide bonds. The van der Waals surface area contributed by atoms with Crippen LogP contribution in [0.15, 0.2) is 147 Å². The molecule has 0 radical (unpaired) electrons. The summed E-state index contributed by atoms with van der Waals surface area (Å²) in [5.41, 5.74) is 8.81. The van der Waals surface area contributed by atoms with Crippen molar-refractivity contribution in [3.05, 3.63) is 133 Å². The zero-order valence-corrected chi connectivity index (χ0v) is 22.3. The Morgan fingerprint density at radius 3 is 1.98 bits per heavy atom. The van der Waals surface area contributed by atoms with E-state index in [0.29, 0.717) is 5.89 Å². The first-order valence-corrected chi connectivity index (χ1v) is 13.9. The number of nitrogens with zero attached hydrogens (tertiary/aromatic N) is 2. The lowest BCUT2D eigenvalue weighted by Crippen LogP contribution is -2.10. The maximum atomic E-state index is 6.32. The fourth-order valence-corrected chi connectivity index (χ4v) is 6.03. The van der Waals surface area contributed by atoms with Crippen LogP contribution >= 0.6 is 0 Å². The molecular weight excluding hydrogens is 520 g/mol. The fourth-order valence-electron chi connectivity index (χ4n) is 6.03. The van der Waals surface area contributed by atoms with Gasteiger partial charge >= 0.3 is 0 Å². The number of rotatable bonds is 4. The highest BCUT2D eigenvalue weighted by Gasteiger charge is 2.21. The Bertz CT molecular complexity index is 2420. The molecule has 0 N–H and O–H groups in total. The van der Waals surface area contributed by atoms with Crippen LogP contribution in [0.25, 0.3) is 66.4 Å². The molecule has 5 heteroatoms. The van der Waals surface area contributed by atoms with Crippen molar-refractivity contribution >= 4 is 72.0 Å². The second-order valence-electron chi connectivity index (χ2n) is 10.4. The fraction of sp³-hybridized carbons (Fsp3) is 0. The van der Waals surface area contributed by atoms with Gasteiger partial charge in [-0.2, -0.15) is 0 Å². The van der Waals surface area contributed by atoms with Gasteiger partial charge in [0.1, 0.15) is 27.8 Å². The number of anilines is 3. The molecular formula is C37H22N2O3. The monoisotopic (exact) mass is 542 g/mol. The molecule has 0 saturated heterocycles. The summed E-state index contributed by atoms with van der Waals surface area (Å²) in [5.74, 6) is 0.591. The number of aromatic nitrogens is 1. The number of fused-ring (bicyclic) bond motifs is 8. The molecule has 42 heavy (non-hydrogen) atoms. The molecule has 0 saturated carbocycles. The first kappa shape index (κ1) is 22.9. The van der Waals surface area contributed by atoms with Gasteiger partial charge in [0, 0.05) is 27.7 Å². The van der Waals surface area contributed by atoms with E-state index in [4.69, 9.17) is 18.2 Å². The summed E-state index contributed by atoms with van der Waals surface area (Å²) in [6.07, 6.45) is 0. The number of benzene rings is 6. The van der Waals surface area contributed by atoms with Crippen molar-refractivity contribution < 1.29 is 13.3 Å². The molecule has 3 aromatic heterocycles. The maximum Gasteiger partial charge on any atom is 0.227 e. The van der Waals surface area contributed by atoms with Crippen LogP contribution in [0.5, 0.6) is 0 Å². The summed E-state index contributed by atoms with van der Waals surface area (Å²) in [5, 5.41) is 4.07. The molecule has 0 spiro atoms. The van der Waals surface area contributed by atoms with Gasteiger partial charge in [0.05, 0.1) is 16.5 Å². The number of furan rings is 2. The van der Waals surface area contributed by atoms with Gasteiger partial charge in [-0.1, -0.05) is 60.7 Å². The van der Waals surface area contributed by atoms with Crippen LogP contribution in [0.2, 0.25) is 0 Å². The average Bonchev–Trinajstić information content (AvgIpc) is 3.75. The number of para-hydroxylation sites is 2. The van der Waals surface area contributed by atoms with Crippen LogP contribution < -0.4 is 4.90 Å². The molecule has 9 rings (SSSR count). The third kappa shape index (κ3) is 3.40. The highest BCUT2D eigenvalue weighted by atomic mass is 16.4. The Hall–Kier alpha value is -5.81. The predicted octanol–water partition coefficient (Wildman–Crippen LogP) is 10.8. The van der Waals surface area contributed by atoms with E-state index in [1.165, 1.54) is 0 Å². The minimum atomic E-state index is 0.591. The largest absolute Gasteiger partial charge is 0.456 e. The zero-order valence-electron chi connectivity index (χ0n) is 22.3. The lowest BCUT2D eigenvalue weighted by Gasteiger charge is -2.26. The van der Waals surface area contributed by atoms with Crippen molar-refractivity contribution in [1.82, 2.24) is 4.98 Å². The first-order chi connectivity index (χ1) is 20.8. The zero-order chi connectivity index (χ0) is 27.6. The van der Waals surface area contributed by atoms with Gasteiger partial charge in [-0.25, -0.2) is 4.98 Å². The Labute approximate surface area is 239 Å². The number of hydrogen-bond acceptors (Lipinski definition) is 5. The first-order valence-electron chi connectivity index (χ1n) is 13.9. The SMILES string of the molecule is c1ccc(-c2nc3c(ccc4oc5ccc(N(c6ccccc6)c6cccc7oc8ccccc8c67)cc5c43)o2)cc1. The van der Waals surface area contributed by atoms with Gasteiger partial charge in [0.15, 0.2) is 5.58 Å². The van der Waals surface area contributed by atoms with E-state index in [2.05, 4.69) is 59.5 Å². The molecule has 0 bridgehead atoms. The van der Waals surface area contributed by atoms with Crippen molar-refractivity contribution in [1.29, 1.82) is 0 Å². The highest BCUT2D eigenvalue weighted by molar-refractivity contribution is 6.18. The Balaban J connectivity index is 1.31. The quantitative estimate of drug-likeness (QED) is 0.221. The summed E-state index contributed by atoms with van der Waals surface area (Å²) < 4.78 is 18.8. The second kappa shape index (κ2) is 8.85.